The lowest BCUT2D eigenvalue weighted by molar-refractivity contribution is -0.384. The Bertz CT molecular complexity index is 1030. The molecule has 0 saturated carbocycles. The van der Waals surface area contributed by atoms with Crippen molar-refractivity contribution in [3.63, 3.8) is 0 Å². The van der Waals surface area contributed by atoms with Crippen LogP contribution in [0.2, 0.25) is 0 Å². The van der Waals surface area contributed by atoms with Gasteiger partial charge in [0, 0.05) is 36.3 Å². The van der Waals surface area contributed by atoms with E-state index in [4.69, 9.17) is 0 Å². The van der Waals surface area contributed by atoms with Crippen molar-refractivity contribution in [2.75, 3.05) is 25.1 Å². The van der Waals surface area contributed by atoms with E-state index in [0.717, 1.165) is 12.1 Å². The van der Waals surface area contributed by atoms with Gasteiger partial charge in [0.1, 0.15) is 11.9 Å². The Labute approximate surface area is 194 Å². The number of aryl methyl sites for hydroxylation is 1. The molecule has 3 amide bonds. The Morgan fingerprint density at radius 1 is 1.06 bits per heavy atom. The van der Waals surface area contributed by atoms with E-state index in [0.29, 0.717) is 17.7 Å². The summed E-state index contributed by atoms with van der Waals surface area (Å²) in [6.07, 6.45) is 2.21. The number of carbonyl (C=O) groups excluding carboxylic acids is 3. The summed E-state index contributed by atoms with van der Waals surface area (Å²) >= 11 is 1.50. The van der Waals surface area contributed by atoms with E-state index in [1.54, 1.807) is 6.92 Å². The molecule has 33 heavy (non-hydrogen) atoms. The van der Waals surface area contributed by atoms with Gasteiger partial charge in [0.05, 0.1) is 4.92 Å². The summed E-state index contributed by atoms with van der Waals surface area (Å²) in [7, 11) is 0. The second kappa shape index (κ2) is 12.5. The van der Waals surface area contributed by atoms with E-state index in [1.807, 2.05) is 6.26 Å². The van der Waals surface area contributed by atoms with Crippen LogP contribution in [0, 0.1) is 22.9 Å². The van der Waals surface area contributed by atoms with E-state index < -0.39 is 34.5 Å². The fraction of sp³-hybridized carbons (Fsp3) is 0.318. The number of amides is 3. The Morgan fingerprint density at radius 2 is 1.76 bits per heavy atom. The largest absolute Gasteiger partial charge is 0.353 e. The van der Waals surface area contributed by atoms with Gasteiger partial charge < -0.3 is 16.0 Å². The van der Waals surface area contributed by atoms with Crippen molar-refractivity contribution in [2.24, 2.45) is 0 Å². The minimum absolute atomic E-state index is 0.0729. The number of benzene rings is 2. The lowest BCUT2D eigenvalue weighted by atomic mass is 10.1. The zero-order valence-electron chi connectivity index (χ0n) is 18.2. The van der Waals surface area contributed by atoms with Gasteiger partial charge in [-0.05, 0) is 49.1 Å². The Kier molecular flexibility index (Phi) is 9.80. The van der Waals surface area contributed by atoms with Crippen LogP contribution in [0.3, 0.4) is 0 Å². The number of halogens is 1. The summed E-state index contributed by atoms with van der Waals surface area (Å²) in [5.74, 6) is -1.40. The van der Waals surface area contributed by atoms with Crippen LogP contribution in [-0.4, -0.2) is 53.8 Å². The first-order valence-electron chi connectivity index (χ1n) is 10.1. The minimum atomic E-state index is -0.855. The first kappa shape index (κ1) is 25.8. The molecule has 1 unspecified atom stereocenters. The summed E-state index contributed by atoms with van der Waals surface area (Å²) in [6.45, 7) is 1.80. The lowest BCUT2D eigenvalue weighted by Crippen LogP contribution is -2.48. The molecule has 0 bridgehead atoms. The quantitative estimate of drug-likeness (QED) is 0.259. The lowest BCUT2D eigenvalue weighted by Gasteiger charge is -2.18. The van der Waals surface area contributed by atoms with E-state index in [-0.39, 0.29) is 29.9 Å². The molecule has 2 aromatic rings. The third kappa shape index (κ3) is 7.86. The fourth-order valence-electron chi connectivity index (χ4n) is 2.83. The summed E-state index contributed by atoms with van der Waals surface area (Å²) < 4.78 is 13.6. The monoisotopic (exact) mass is 476 g/mol. The van der Waals surface area contributed by atoms with E-state index in [1.165, 1.54) is 42.1 Å². The number of hydrogen-bond donors (Lipinski definition) is 3. The zero-order valence-corrected chi connectivity index (χ0v) is 19.0. The highest BCUT2D eigenvalue weighted by Gasteiger charge is 2.22. The second-order valence-electron chi connectivity index (χ2n) is 7.13. The van der Waals surface area contributed by atoms with E-state index >= 15 is 0 Å². The average molecular weight is 477 g/mol. The maximum Gasteiger partial charge on any atom is 0.270 e. The Balaban J connectivity index is 1.90. The Morgan fingerprint density at radius 3 is 2.42 bits per heavy atom. The molecule has 0 radical (unpaired) electrons. The van der Waals surface area contributed by atoms with Crippen molar-refractivity contribution in [3.8, 4) is 0 Å². The first-order chi connectivity index (χ1) is 15.7. The number of carbonyl (C=O) groups is 3. The molecule has 9 nitrogen and oxygen atoms in total. The van der Waals surface area contributed by atoms with Crippen molar-refractivity contribution >= 4 is 35.2 Å². The van der Waals surface area contributed by atoms with Gasteiger partial charge in [0.25, 0.3) is 17.5 Å². The molecular formula is C22H25FN4O5S. The molecule has 176 valence electrons. The van der Waals surface area contributed by atoms with Crippen molar-refractivity contribution in [2.45, 2.75) is 19.4 Å². The SMILES string of the molecule is CSCCC(NC(=O)c1cccc([N+](=O)[O-])c1)C(=O)NCCNC(=O)c1ccc(C)c(F)c1. The van der Waals surface area contributed by atoms with Crippen LogP contribution in [0.25, 0.3) is 0 Å². The van der Waals surface area contributed by atoms with Gasteiger partial charge in [-0.2, -0.15) is 11.8 Å². The molecule has 0 aromatic heterocycles. The molecule has 2 aromatic carbocycles. The van der Waals surface area contributed by atoms with Gasteiger partial charge in [-0.25, -0.2) is 4.39 Å². The molecule has 1 atom stereocenters. The molecule has 0 spiro atoms. The molecule has 0 aliphatic rings. The maximum absolute atomic E-state index is 13.6. The summed E-state index contributed by atoms with van der Waals surface area (Å²) in [6, 6.07) is 8.54. The topological polar surface area (TPSA) is 130 Å². The van der Waals surface area contributed by atoms with Crippen molar-refractivity contribution in [1.29, 1.82) is 0 Å². The van der Waals surface area contributed by atoms with Crippen LogP contribution in [0.4, 0.5) is 10.1 Å². The highest BCUT2D eigenvalue weighted by Crippen LogP contribution is 2.13. The number of nitro benzene ring substituents is 1. The predicted molar refractivity (Wildman–Crippen MR) is 124 cm³/mol. The maximum atomic E-state index is 13.6. The molecule has 0 saturated heterocycles. The Hall–Kier alpha value is -3.47. The zero-order chi connectivity index (χ0) is 24.4. The van der Waals surface area contributed by atoms with Gasteiger partial charge in [-0.3, -0.25) is 24.5 Å². The molecule has 0 fully saturated rings. The minimum Gasteiger partial charge on any atom is -0.353 e. The molecule has 0 aliphatic carbocycles. The van der Waals surface area contributed by atoms with Gasteiger partial charge in [-0.1, -0.05) is 12.1 Å². The van der Waals surface area contributed by atoms with Crippen LogP contribution in [-0.2, 0) is 4.79 Å². The molecule has 11 heteroatoms. The second-order valence-corrected chi connectivity index (χ2v) is 8.11. The molecule has 0 aliphatic heterocycles. The molecule has 2 rings (SSSR count). The third-order valence-corrected chi connectivity index (χ3v) is 5.34. The molecule has 3 N–H and O–H groups in total. The van der Waals surface area contributed by atoms with Crippen molar-refractivity contribution < 1.29 is 23.7 Å². The van der Waals surface area contributed by atoms with E-state index in [2.05, 4.69) is 16.0 Å². The molecular weight excluding hydrogens is 451 g/mol. The highest BCUT2D eigenvalue weighted by atomic mass is 32.2. The summed E-state index contributed by atoms with van der Waals surface area (Å²) in [4.78, 5) is 47.5. The number of hydrogen-bond acceptors (Lipinski definition) is 6. The highest BCUT2D eigenvalue weighted by molar-refractivity contribution is 7.98. The number of thioether (sulfide) groups is 1. The van der Waals surface area contributed by atoms with Crippen LogP contribution in [0.15, 0.2) is 42.5 Å². The van der Waals surface area contributed by atoms with Gasteiger partial charge in [0.2, 0.25) is 5.91 Å². The number of nitro groups is 1. The predicted octanol–water partition coefficient (Wildman–Crippen LogP) is 2.44. The summed E-state index contributed by atoms with van der Waals surface area (Å²) in [5.41, 5.74) is 0.453. The number of nitrogens with zero attached hydrogens (tertiary/aromatic N) is 1. The molecule has 0 heterocycles. The number of nitrogens with one attached hydrogen (secondary N) is 3. The van der Waals surface area contributed by atoms with E-state index in [9.17, 15) is 28.9 Å². The normalized spacial score (nSPS) is 11.4. The average Bonchev–Trinajstić information content (AvgIpc) is 2.80. The van der Waals surface area contributed by atoms with Gasteiger partial charge in [-0.15, -0.1) is 0 Å². The third-order valence-electron chi connectivity index (χ3n) is 4.70. The van der Waals surface area contributed by atoms with Gasteiger partial charge in [0.15, 0.2) is 0 Å². The number of rotatable bonds is 11. The number of non-ortho nitro benzene ring substituents is 1. The van der Waals surface area contributed by atoms with Crippen LogP contribution in [0.5, 0.6) is 0 Å². The standard InChI is InChI=1S/C22H25FN4O5S/c1-14-6-7-16(13-18(14)23)20(28)24-9-10-25-22(30)19(8-11-33-2)26-21(29)15-4-3-5-17(12-15)27(31)32/h3-7,12-13,19H,8-11H2,1-2H3,(H,24,28)(H,25,30)(H,26,29). The van der Waals surface area contributed by atoms with Gasteiger partial charge >= 0.3 is 0 Å². The van der Waals surface area contributed by atoms with Crippen LogP contribution >= 0.6 is 11.8 Å². The smallest absolute Gasteiger partial charge is 0.270 e. The summed E-state index contributed by atoms with van der Waals surface area (Å²) in [5, 5.41) is 18.8. The first-order valence-corrected chi connectivity index (χ1v) is 11.5. The fourth-order valence-corrected chi connectivity index (χ4v) is 3.30. The van der Waals surface area contributed by atoms with Crippen LogP contribution < -0.4 is 16.0 Å². The van der Waals surface area contributed by atoms with Crippen molar-refractivity contribution in [3.05, 3.63) is 75.1 Å². The van der Waals surface area contributed by atoms with Crippen LogP contribution in [0.1, 0.15) is 32.7 Å². The van der Waals surface area contributed by atoms with Crippen molar-refractivity contribution in [1.82, 2.24) is 16.0 Å².